The molecular weight excluding hydrogens is 300 g/mol. The maximum Gasteiger partial charge on any atom is 0.243 e. The summed E-state index contributed by atoms with van der Waals surface area (Å²) in [7, 11) is -7.63. The SMILES string of the molecule is CC1=CCCN(S(=O)(=O)c2cccc(S(N)(=O)=O)c2)C1. The molecule has 0 fully saturated rings. The first-order valence-electron chi connectivity index (χ1n) is 6.00. The van der Waals surface area contributed by atoms with E-state index in [0.29, 0.717) is 19.5 Å². The van der Waals surface area contributed by atoms with Gasteiger partial charge in [0.25, 0.3) is 0 Å². The van der Waals surface area contributed by atoms with E-state index >= 15 is 0 Å². The molecule has 0 atom stereocenters. The number of nitrogens with zero attached hydrogens (tertiary/aromatic N) is 1. The summed E-state index contributed by atoms with van der Waals surface area (Å²) in [6.45, 7) is 2.57. The van der Waals surface area contributed by atoms with Crippen molar-refractivity contribution in [2.45, 2.75) is 23.1 Å². The fraction of sp³-hybridized carbons (Fsp3) is 0.333. The van der Waals surface area contributed by atoms with Crippen molar-refractivity contribution < 1.29 is 16.8 Å². The van der Waals surface area contributed by atoms with Crippen LogP contribution in [-0.4, -0.2) is 34.2 Å². The molecule has 1 aliphatic heterocycles. The van der Waals surface area contributed by atoms with Crippen LogP contribution in [0.15, 0.2) is 45.7 Å². The standard InChI is InChI=1S/C12H16N2O4S2/c1-10-4-3-7-14(9-10)20(17,18)12-6-2-5-11(8-12)19(13,15)16/h2,4-6,8H,3,7,9H2,1H3,(H2,13,15,16). The zero-order valence-corrected chi connectivity index (χ0v) is 12.6. The van der Waals surface area contributed by atoms with Crippen molar-refractivity contribution in [3.63, 3.8) is 0 Å². The highest BCUT2D eigenvalue weighted by atomic mass is 32.2. The molecule has 1 heterocycles. The molecule has 0 aromatic heterocycles. The lowest BCUT2D eigenvalue weighted by Gasteiger charge is -2.25. The van der Waals surface area contributed by atoms with Gasteiger partial charge in [0, 0.05) is 13.1 Å². The van der Waals surface area contributed by atoms with Crippen molar-refractivity contribution in [3.05, 3.63) is 35.9 Å². The second-order valence-corrected chi connectivity index (χ2v) is 8.20. The minimum atomic E-state index is -3.92. The summed E-state index contributed by atoms with van der Waals surface area (Å²) < 4.78 is 48.9. The second-order valence-electron chi connectivity index (χ2n) is 4.70. The number of hydrogen-bond acceptors (Lipinski definition) is 4. The van der Waals surface area contributed by atoms with Crippen LogP contribution in [0.3, 0.4) is 0 Å². The molecule has 0 unspecified atom stereocenters. The molecule has 1 aromatic rings. The summed E-state index contributed by atoms with van der Waals surface area (Å²) >= 11 is 0. The van der Waals surface area contributed by atoms with Crippen LogP contribution in [0.2, 0.25) is 0 Å². The molecule has 0 saturated heterocycles. The molecule has 0 spiro atoms. The number of nitrogens with two attached hydrogens (primary N) is 1. The average molecular weight is 316 g/mol. The van der Waals surface area contributed by atoms with Gasteiger partial charge in [-0.1, -0.05) is 17.7 Å². The molecule has 0 aliphatic carbocycles. The molecule has 0 saturated carbocycles. The number of sulfonamides is 2. The Morgan fingerprint density at radius 2 is 1.80 bits per heavy atom. The maximum atomic E-state index is 12.5. The second kappa shape index (κ2) is 5.28. The van der Waals surface area contributed by atoms with Gasteiger partial charge in [-0.15, -0.1) is 0 Å². The van der Waals surface area contributed by atoms with Crippen molar-refractivity contribution >= 4 is 20.0 Å². The van der Waals surface area contributed by atoms with Crippen LogP contribution in [0.25, 0.3) is 0 Å². The molecule has 0 radical (unpaired) electrons. The van der Waals surface area contributed by atoms with Crippen molar-refractivity contribution in [2.75, 3.05) is 13.1 Å². The van der Waals surface area contributed by atoms with E-state index in [1.807, 2.05) is 13.0 Å². The van der Waals surface area contributed by atoms with E-state index in [1.165, 1.54) is 22.5 Å². The average Bonchev–Trinajstić information content (AvgIpc) is 2.38. The summed E-state index contributed by atoms with van der Waals surface area (Å²) in [6.07, 6.45) is 2.65. The van der Waals surface area contributed by atoms with Gasteiger partial charge in [0.05, 0.1) is 9.79 Å². The molecule has 6 nitrogen and oxygen atoms in total. The Morgan fingerprint density at radius 3 is 2.40 bits per heavy atom. The molecule has 2 N–H and O–H groups in total. The first kappa shape index (κ1) is 15.2. The van der Waals surface area contributed by atoms with Gasteiger partial charge in [-0.3, -0.25) is 0 Å². The van der Waals surface area contributed by atoms with Gasteiger partial charge in [-0.2, -0.15) is 4.31 Å². The summed E-state index contributed by atoms with van der Waals surface area (Å²) in [5, 5.41) is 5.02. The van der Waals surface area contributed by atoms with Gasteiger partial charge in [0.1, 0.15) is 0 Å². The Hall–Kier alpha value is -1.22. The summed E-state index contributed by atoms with van der Waals surface area (Å²) in [4.78, 5) is -0.262. The smallest absolute Gasteiger partial charge is 0.225 e. The third kappa shape index (κ3) is 3.09. The van der Waals surface area contributed by atoms with E-state index in [4.69, 9.17) is 5.14 Å². The molecule has 8 heteroatoms. The van der Waals surface area contributed by atoms with Gasteiger partial charge >= 0.3 is 0 Å². The summed E-state index contributed by atoms with van der Waals surface area (Å²) in [5.41, 5.74) is 0.974. The van der Waals surface area contributed by atoms with Gasteiger partial charge in [0.15, 0.2) is 0 Å². The highest BCUT2D eigenvalue weighted by molar-refractivity contribution is 7.90. The predicted molar refractivity (Wildman–Crippen MR) is 74.9 cm³/mol. The van der Waals surface area contributed by atoms with Crippen LogP contribution in [0.4, 0.5) is 0 Å². The molecule has 0 bridgehead atoms. The fourth-order valence-corrected chi connectivity index (χ4v) is 4.22. The number of rotatable bonds is 3. The van der Waals surface area contributed by atoms with Crippen molar-refractivity contribution in [3.8, 4) is 0 Å². The molecule has 2 rings (SSSR count). The first-order valence-corrected chi connectivity index (χ1v) is 8.98. The highest BCUT2D eigenvalue weighted by Crippen LogP contribution is 2.22. The lowest BCUT2D eigenvalue weighted by Crippen LogP contribution is -2.35. The van der Waals surface area contributed by atoms with Crippen LogP contribution in [0, 0.1) is 0 Å². The fourth-order valence-electron chi connectivity index (χ4n) is 2.04. The van der Waals surface area contributed by atoms with Crippen molar-refractivity contribution in [1.29, 1.82) is 0 Å². The number of hydrogen-bond donors (Lipinski definition) is 1. The topological polar surface area (TPSA) is 97.5 Å². The molecule has 0 amide bonds. The van der Waals surface area contributed by atoms with E-state index < -0.39 is 20.0 Å². The lowest BCUT2D eigenvalue weighted by atomic mass is 10.2. The van der Waals surface area contributed by atoms with Crippen molar-refractivity contribution in [2.24, 2.45) is 5.14 Å². The Morgan fingerprint density at radius 1 is 1.15 bits per heavy atom. The molecular formula is C12H16N2O4S2. The zero-order chi connectivity index (χ0) is 15.0. The highest BCUT2D eigenvalue weighted by Gasteiger charge is 2.26. The maximum absolute atomic E-state index is 12.5. The van der Waals surface area contributed by atoms with E-state index in [0.717, 1.165) is 11.6 Å². The van der Waals surface area contributed by atoms with Gasteiger partial charge in [0.2, 0.25) is 20.0 Å². The first-order chi connectivity index (χ1) is 9.21. The van der Waals surface area contributed by atoms with E-state index in [1.54, 1.807) is 0 Å². The zero-order valence-electron chi connectivity index (χ0n) is 11.0. The minimum Gasteiger partial charge on any atom is -0.225 e. The molecule has 1 aliphatic rings. The van der Waals surface area contributed by atoms with Gasteiger partial charge < -0.3 is 0 Å². The third-order valence-electron chi connectivity index (χ3n) is 3.07. The normalized spacial score (nSPS) is 17.8. The monoisotopic (exact) mass is 316 g/mol. The number of primary sulfonamides is 1. The van der Waals surface area contributed by atoms with Crippen LogP contribution in [0.1, 0.15) is 13.3 Å². The molecule has 20 heavy (non-hydrogen) atoms. The Balaban J connectivity index is 2.43. The van der Waals surface area contributed by atoms with Crippen LogP contribution >= 0.6 is 0 Å². The van der Waals surface area contributed by atoms with Gasteiger partial charge in [-0.25, -0.2) is 22.0 Å². The largest absolute Gasteiger partial charge is 0.243 e. The van der Waals surface area contributed by atoms with Crippen LogP contribution < -0.4 is 5.14 Å². The van der Waals surface area contributed by atoms with Crippen LogP contribution in [-0.2, 0) is 20.0 Å². The van der Waals surface area contributed by atoms with E-state index in [9.17, 15) is 16.8 Å². The van der Waals surface area contributed by atoms with E-state index in [2.05, 4.69) is 0 Å². The van der Waals surface area contributed by atoms with Crippen LogP contribution in [0.5, 0.6) is 0 Å². The van der Waals surface area contributed by atoms with Gasteiger partial charge in [-0.05, 0) is 31.5 Å². The quantitative estimate of drug-likeness (QED) is 0.829. The third-order valence-corrected chi connectivity index (χ3v) is 5.82. The predicted octanol–water partition coefficient (Wildman–Crippen LogP) is 0.675. The molecule has 1 aromatic carbocycles. The van der Waals surface area contributed by atoms with E-state index in [-0.39, 0.29) is 9.79 Å². The van der Waals surface area contributed by atoms with Crippen molar-refractivity contribution in [1.82, 2.24) is 4.31 Å². The molecule has 110 valence electrons. The Labute approximate surface area is 119 Å². The summed E-state index contributed by atoms with van der Waals surface area (Å²) in [6, 6.07) is 5.12. The summed E-state index contributed by atoms with van der Waals surface area (Å²) in [5.74, 6) is 0. The minimum absolute atomic E-state index is 0.0567. The Kier molecular flexibility index (Phi) is 4.01. The Bertz CT molecular complexity index is 751. The number of benzene rings is 1. The lowest BCUT2D eigenvalue weighted by molar-refractivity contribution is 0.428.